The number of anilines is 1. The number of carbonyl (C=O) groups is 1. The Labute approximate surface area is 208 Å². The van der Waals surface area contributed by atoms with E-state index >= 15 is 0 Å². The van der Waals surface area contributed by atoms with Gasteiger partial charge in [0.1, 0.15) is 0 Å². The molecule has 0 spiro atoms. The van der Waals surface area contributed by atoms with Gasteiger partial charge in [-0.2, -0.15) is 14.4 Å². The average molecular weight is 505 g/mol. The topological polar surface area (TPSA) is 82.9 Å². The molecule has 1 amide bonds. The van der Waals surface area contributed by atoms with Crippen LogP contribution in [0, 0.1) is 6.92 Å². The zero-order valence-electron chi connectivity index (χ0n) is 19.2. The van der Waals surface area contributed by atoms with Crippen molar-refractivity contribution in [1.29, 1.82) is 0 Å². The summed E-state index contributed by atoms with van der Waals surface area (Å²) in [5, 5.41) is 6.19. The number of nitrogens with zero attached hydrogens (tertiary/aromatic N) is 4. The summed E-state index contributed by atoms with van der Waals surface area (Å²) in [7, 11) is -3.55. The normalized spacial score (nSPS) is 14.7. The van der Waals surface area contributed by atoms with Crippen molar-refractivity contribution in [2.75, 3.05) is 18.1 Å². The third kappa shape index (κ3) is 4.88. The fourth-order valence-electron chi connectivity index (χ4n) is 3.93. The predicted molar refractivity (Wildman–Crippen MR) is 140 cm³/mol. The number of hydrogen-bond donors (Lipinski definition) is 0. The summed E-state index contributed by atoms with van der Waals surface area (Å²) >= 11 is 1.38. The van der Waals surface area contributed by atoms with Crippen molar-refractivity contribution in [2.45, 2.75) is 24.7 Å². The molecule has 1 aliphatic rings. The van der Waals surface area contributed by atoms with E-state index in [9.17, 15) is 13.2 Å². The lowest BCUT2D eigenvalue weighted by Crippen LogP contribution is -2.28. The Balaban J connectivity index is 1.49. The molecule has 2 heterocycles. The number of amides is 1. The van der Waals surface area contributed by atoms with Crippen LogP contribution in [0.5, 0.6) is 0 Å². The fourth-order valence-corrected chi connectivity index (χ4v) is 6.47. The second kappa shape index (κ2) is 9.69. The van der Waals surface area contributed by atoms with Gasteiger partial charge in [-0.25, -0.2) is 13.4 Å². The van der Waals surface area contributed by atoms with Crippen molar-refractivity contribution < 1.29 is 13.2 Å². The van der Waals surface area contributed by atoms with Crippen LogP contribution in [0.25, 0.3) is 10.2 Å². The van der Waals surface area contributed by atoms with Crippen LogP contribution in [-0.4, -0.2) is 42.9 Å². The van der Waals surface area contributed by atoms with Gasteiger partial charge in [-0.15, -0.1) is 0 Å². The van der Waals surface area contributed by atoms with Gasteiger partial charge in [0.25, 0.3) is 5.91 Å². The number of sulfonamides is 1. The van der Waals surface area contributed by atoms with Crippen molar-refractivity contribution in [3.63, 3.8) is 0 Å². The lowest BCUT2D eigenvalue weighted by atomic mass is 10.2. The first-order chi connectivity index (χ1) is 16.9. The Morgan fingerprint density at radius 2 is 1.74 bits per heavy atom. The number of hydrazone groups is 1. The van der Waals surface area contributed by atoms with Crippen LogP contribution >= 0.6 is 11.3 Å². The second-order valence-corrected chi connectivity index (χ2v) is 11.3. The lowest BCUT2D eigenvalue weighted by Gasteiger charge is -2.16. The zero-order chi connectivity index (χ0) is 24.4. The molecule has 1 aromatic heterocycles. The Hall–Kier alpha value is -3.40. The largest absolute Gasteiger partial charge is 0.280 e. The minimum Gasteiger partial charge on any atom is -0.267 e. The van der Waals surface area contributed by atoms with Gasteiger partial charge in [0.2, 0.25) is 15.2 Å². The molecule has 7 nitrogen and oxygen atoms in total. The number of fused-ring (bicyclic) bond motifs is 1. The number of aryl methyl sites for hydroxylation is 1. The molecule has 1 aliphatic heterocycles. The summed E-state index contributed by atoms with van der Waals surface area (Å²) < 4.78 is 28.2. The molecule has 35 heavy (non-hydrogen) atoms. The van der Waals surface area contributed by atoms with Crippen LogP contribution in [0.2, 0.25) is 0 Å². The number of thiazole rings is 1. The number of benzene rings is 3. The van der Waals surface area contributed by atoms with Gasteiger partial charge in [-0.3, -0.25) is 4.79 Å². The lowest BCUT2D eigenvalue weighted by molar-refractivity contribution is 0.0987. The first kappa shape index (κ1) is 23.3. The number of hydrogen-bond acceptors (Lipinski definition) is 6. The third-order valence-electron chi connectivity index (χ3n) is 5.83. The molecule has 9 heteroatoms. The van der Waals surface area contributed by atoms with Crippen LogP contribution in [-0.2, 0) is 10.0 Å². The molecular weight excluding hydrogens is 480 g/mol. The molecule has 0 unspecified atom stereocenters. The molecule has 0 radical (unpaired) electrons. The van der Waals surface area contributed by atoms with E-state index in [1.54, 1.807) is 6.21 Å². The van der Waals surface area contributed by atoms with Gasteiger partial charge in [-0.05, 0) is 67.3 Å². The van der Waals surface area contributed by atoms with Gasteiger partial charge in [-0.1, -0.05) is 47.7 Å². The minimum absolute atomic E-state index is 0.186. The number of carbonyl (C=O) groups excluding carboxylic acids is 1. The Morgan fingerprint density at radius 1 is 1.03 bits per heavy atom. The van der Waals surface area contributed by atoms with Gasteiger partial charge in [0, 0.05) is 18.7 Å². The molecule has 5 rings (SSSR count). The SMILES string of the molecule is Cc1ccc2nc(N(/N=C/c3ccccc3)C(=O)c3ccc(S(=O)(=O)N4CCCC4)cc3)sc2c1. The highest BCUT2D eigenvalue weighted by atomic mass is 32.2. The summed E-state index contributed by atoms with van der Waals surface area (Å²) in [5.74, 6) is -0.391. The molecule has 0 saturated carbocycles. The molecule has 4 aromatic rings. The highest BCUT2D eigenvalue weighted by Crippen LogP contribution is 2.31. The van der Waals surface area contributed by atoms with Crippen molar-refractivity contribution in [1.82, 2.24) is 9.29 Å². The molecule has 0 aliphatic carbocycles. The van der Waals surface area contributed by atoms with Crippen LogP contribution in [0.3, 0.4) is 0 Å². The first-order valence-corrected chi connectivity index (χ1v) is 13.6. The van der Waals surface area contributed by atoms with E-state index in [1.807, 2.05) is 55.5 Å². The van der Waals surface area contributed by atoms with Crippen LogP contribution in [0.1, 0.15) is 34.3 Å². The third-order valence-corrected chi connectivity index (χ3v) is 8.74. The van der Waals surface area contributed by atoms with Gasteiger partial charge < -0.3 is 0 Å². The highest BCUT2D eigenvalue weighted by Gasteiger charge is 2.28. The van der Waals surface area contributed by atoms with Crippen LogP contribution in [0.4, 0.5) is 5.13 Å². The first-order valence-electron chi connectivity index (χ1n) is 11.3. The van der Waals surface area contributed by atoms with E-state index in [1.165, 1.54) is 44.9 Å². The molecule has 0 N–H and O–H groups in total. The van der Waals surface area contributed by atoms with Crippen LogP contribution in [0.15, 0.2) is 82.8 Å². The smallest absolute Gasteiger partial charge is 0.267 e. The maximum Gasteiger partial charge on any atom is 0.280 e. The van der Waals surface area contributed by atoms with Gasteiger partial charge >= 0.3 is 0 Å². The molecule has 0 bridgehead atoms. The molecular formula is C26H24N4O3S2. The Morgan fingerprint density at radius 3 is 2.46 bits per heavy atom. The number of aromatic nitrogens is 1. The van der Waals surface area contributed by atoms with Crippen molar-refractivity contribution >= 4 is 48.8 Å². The maximum absolute atomic E-state index is 13.5. The minimum atomic E-state index is -3.55. The monoisotopic (exact) mass is 504 g/mol. The van der Waals surface area contributed by atoms with E-state index in [4.69, 9.17) is 0 Å². The van der Waals surface area contributed by atoms with E-state index < -0.39 is 15.9 Å². The molecule has 178 valence electrons. The average Bonchev–Trinajstić information content (AvgIpc) is 3.55. The van der Waals surface area contributed by atoms with Gasteiger partial charge in [0.05, 0.1) is 21.3 Å². The molecule has 0 atom stereocenters. The van der Waals surface area contributed by atoms with Gasteiger partial charge in [0.15, 0.2) is 0 Å². The Kier molecular flexibility index (Phi) is 6.46. The van der Waals surface area contributed by atoms with E-state index in [-0.39, 0.29) is 4.90 Å². The molecule has 1 fully saturated rings. The van der Waals surface area contributed by atoms with E-state index in [0.717, 1.165) is 34.2 Å². The zero-order valence-corrected chi connectivity index (χ0v) is 20.8. The predicted octanol–water partition coefficient (Wildman–Crippen LogP) is 5.07. The highest BCUT2D eigenvalue weighted by molar-refractivity contribution is 7.89. The summed E-state index contributed by atoms with van der Waals surface area (Å²) in [4.78, 5) is 18.4. The van der Waals surface area contributed by atoms with Crippen LogP contribution < -0.4 is 5.01 Å². The van der Waals surface area contributed by atoms with Crippen molar-refractivity contribution in [2.24, 2.45) is 5.10 Å². The van der Waals surface area contributed by atoms with E-state index in [2.05, 4.69) is 10.1 Å². The molecule has 3 aromatic carbocycles. The second-order valence-electron chi connectivity index (χ2n) is 8.38. The fraction of sp³-hybridized carbons (Fsp3) is 0.192. The quantitative estimate of drug-likeness (QED) is 0.271. The van der Waals surface area contributed by atoms with Crippen molar-refractivity contribution in [3.8, 4) is 0 Å². The summed E-state index contributed by atoms with van der Waals surface area (Å²) in [6.07, 6.45) is 3.35. The maximum atomic E-state index is 13.5. The standard InChI is InChI=1S/C26H24N4O3S2/c1-19-9-14-23-24(17-19)34-26(28-23)30(27-18-20-7-3-2-4-8-20)25(31)21-10-12-22(13-11-21)35(32,33)29-15-5-6-16-29/h2-4,7-14,17-18H,5-6,15-16H2,1H3/b27-18+. The Bertz CT molecular complexity index is 1490. The number of rotatable bonds is 6. The summed E-state index contributed by atoms with van der Waals surface area (Å²) in [6, 6.07) is 21.5. The molecule has 1 saturated heterocycles. The summed E-state index contributed by atoms with van der Waals surface area (Å²) in [6.45, 7) is 3.07. The van der Waals surface area contributed by atoms with E-state index in [0.29, 0.717) is 23.8 Å². The summed E-state index contributed by atoms with van der Waals surface area (Å²) in [5.41, 5.74) is 3.06. The van der Waals surface area contributed by atoms with Crippen molar-refractivity contribution in [3.05, 3.63) is 89.5 Å².